The Labute approximate surface area is 269 Å². The summed E-state index contributed by atoms with van der Waals surface area (Å²) in [5.41, 5.74) is -1.05. The molecule has 2 saturated carbocycles. The molecule has 4 unspecified atom stereocenters. The molecule has 3 aliphatic rings. The van der Waals surface area contributed by atoms with Gasteiger partial charge < -0.3 is 30.7 Å². The van der Waals surface area contributed by atoms with Gasteiger partial charge >= 0.3 is 6.09 Å². The van der Waals surface area contributed by atoms with Crippen molar-refractivity contribution >= 4 is 41.2 Å². The van der Waals surface area contributed by atoms with Gasteiger partial charge in [-0.1, -0.05) is 65.5 Å². The topological polar surface area (TPSA) is 167 Å². The summed E-state index contributed by atoms with van der Waals surface area (Å²) in [6, 6.07) is -0.123. The maximum absolute atomic E-state index is 14.3. The van der Waals surface area contributed by atoms with Crippen LogP contribution in [0.1, 0.15) is 86.0 Å². The highest BCUT2D eigenvalue weighted by Crippen LogP contribution is 2.38. The molecule has 12 nitrogen and oxygen atoms in total. The predicted molar refractivity (Wildman–Crippen MR) is 167 cm³/mol. The van der Waals surface area contributed by atoms with E-state index in [1.165, 1.54) is 11.1 Å². The van der Waals surface area contributed by atoms with Crippen molar-refractivity contribution in [2.24, 2.45) is 16.7 Å². The Bertz CT molecular complexity index is 1270. The van der Waals surface area contributed by atoms with Crippen molar-refractivity contribution in [3.8, 4) is 5.88 Å². The van der Waals surface area contributed by atoms with E-state index in [1.807, 2.05) is 34.6 Å². The minimum atomic E-state index is -1.36. The zero-order chi connectivity index (χ0) is 33.1. The van der Waals surface area contributed by atoms with Gasteiger partial charge in [-0.3, -0.25) is 19.2 Å². The summed E-state index contributed by atoms with van der Waals surface area (Å²) in [6.07, 6.45) is 4.79. The zero-order valence-corrected chi connectivity index (χ0v) is 27.5. The van der Waals surface area contributed by atoms with Gasteiger partial charge in [0, 0.05) is 24.7 Å². The molecule has 1 saturated heterocycles. The van der Waals surface area contributed by atoms with Crippen molar-refractivity contribution in [3.05, 3.63) is 23.4 Å². The Morgan fingerprint density at radius 2 is 1.76 bits per heavy atom. The standard InChI is InChI=1S/C32H46ClN5O7/c1-31(2,3)17-32(4,5)26(37-30(43)44)29(42)38-16-21(45-24-12-9-19(33)15-34-24)14-23(38)27(40)36-22(13-18-7-6-8-18)25(39)28(41)35-20-10-11-20/h9,12,15,18,20-23,26,37H,6-8,10-11,13-14,16-17H2,1-5H3,(H,35,41)(H,36,40)(H,43,44). The second-order valence-corrected chi connectivity index (χ2v) is 15.0. The van der Waals surface area contributed by atoms with Gasteiger partial charge in [-0.25, -0.2) is 9.78 Å². The lowest BCUT2D eigenvalue weighted by Crippen LogP contribution is -2.60. The number of pyridine rings is 1. The molecular formula is C32H46ClN5O7. The molecule has 4 N–H and O–H groups in total. The number of carbonyl (C=O) groups excluding carboxylic acids is 4. The molecule has 4 rings (SSSR count). The number of likely N-dealkylation sites (tertiary alicyclic amines) is 1. The lowest BCUT2D eigenvalue weighted by atomic mass is 9.71. The summed E-state index contributed by atoms with van der Waals surface area (Å²) in [5.74, 6) is -2.13. The van der Waals surface area contributed by atoms with Crippen molar-refractivity contribution in [2.75, 3.05) is 6.54 Å². The molecule has 0 spiro atoms. The average Bonchev–Trinajstić information content (AvgIpc) is 3.63. The molecule has 1 aromatic heterocycles. The van der Waals surface area contributed by atoms with Gasteiger partial charge in [0.25, 0.3) is 5.91 Å². The quantitative estimate of drug-likeness (QED) is 0.235. The van der Waals surface area contributed by atoms with Gasteiger partial charge in [-0.05, 0) is 48.5 Å². The lowest BCUT2D eigenvalue weighted by Gasteiger charge is -2.40. The molecule has 13 heteroatoms. The third-order valence-corrected chi connectivity index (χ3v) is 8.90. The average molecular weight is 648 g/mol. The second-order valence-electron chi connectivity index (χ2n) is 14.6. The van der Waals surface area contributed by atoms with Crippen molar-refractivity contribution < 1.29 is 33.8 Å². The highest BCUT2D eigenvalue weighted by molar-refractivity contribution is 6.38. The molecular weight excluding hydrogens is 602 g/mol. The Morgan fingerprint density at radius 1 is 1.07 bits per heavy atom. The van der Waals surface area contributed by atoms with Crippen LogP contribution in [0.4, 0.5) is 4.79 Å². The maximum Gasteiger partial charge on any atom is 0.405 e. The number of nitrogens with one attached hydrogen (secondary N) is 3. The minimum Gasteiger partial charge on any atom is -0.472 e. The smallest absolute Gasteiger partial charge is 0.405 e. The molecule has 248 valence electrons. The maximum atomic E-state index is 14.3. The van der Waals surface area contributed by atoms with E-state index in [2.05, 4.69) is 20.9 Å². The van der Waals surface area contributed by atoms with Gasteiger partial charge in [-0.15, -0.1) is 0 Å². The molecule has 1 aromatic rings. The SMILES string of the molecule is CC(C)(C)CC(C)(C)C(NC(=O)O)C(=O)N1CC(Oc2ccc(Cl)cn2)CC1C(=O)NC(CC1CCC1)C(=O)C(=O)NC1CC1. The number of nitrogens with zero attached hydrogens (tertiary/aromatic N) is 2. The van der Waals surface area contributed by atoms with E-state index in [0.717, 1.165) is 32.1 Å². The fourth-order valence-corrected chi connectivity index (χ4v) is 6.64. The van der Waals surface area contributed by atoms with Crippen LogP contribution in [-0.2, 0) is 19.2 Å². The Kier molecular flexibility index (Phi) is 10.7. The van der Waals surface area contributed by atoms with Crippen molar-refractivity contribution in [2.45, 2.75) is 116 Å². The van der Waals surface area contributed by atoms with Gasteiger partial charge in [0.05, 0.1) is 17.6 Å². The number of carbonyl (C=O) groups is 5. The number of halogens is 1. The predicted octanol–water partition coefficient (Wildman–Crippen LogP) is 3.70. The highest BCUT2D eigenvalue weighted by atomic mass is 35.5. The first-order valence-electron chi connectivity index (χ1n) is 15.8. The van der Waals surface area contributed by atoms with E-state index in [-0.39, 0.29) is 36.2 Å². The summed E-state index contributed by atoms with van der Waals surface area (Å²) >= 11 is 5.97. The van der Waals surface area contributed by atoms with E-state index >= 15 is 0 Å². The van der Waals surface area contributed by atoms with Crippen LogP contribution in [0.15, 0.2) is 18.3 Å². The lowest BCUT2D eigenvalue weighted by molar-refractivity contribution is -0.144. The monoisotopic (exact) mass is 647 g/mol. The summed E-state index contributed by atoms with van der Waals surface area (Å²) in [7, 11) is 0. The van der Waals surface area contributed by atoms with Crippen LogP contribution >= 0.6 is 11.6 Å². The zero-order valence-electron chi connectivity index (χ0n) is 26.7. The van der Waals surface area contributed by atoms with Crippen molar-refractivity contribution in [1.29, 1.82) is 0 Å². The summed E-state index contributed by atoms with van der Waals surface area (Å²) in [6.45, 7) is 9.63. The molecule has 3 fully saturated rings. The molecule has 0 aromatic carbocycles. The van der Waals surface area contributed by atoms with Gasteiger partial charge in [0.1, 0.15) is 18.2 Å². The summed E-state index contributed by atoms with van der Waals surface area (Å²) < 4.78 is 6.04. The number of rotatable bonds is 13. The summed E-state index contributed by atoms with van der Waals surface area (Å²) in [5, 5.41) is 18.0. The van der Waals surface area contributed by atoms with Crippen molar-refractivity contribution in [3.63, 3.8) is 0 Å². The second kappa shape index (κ2) is 13.9. The largest absolute Gasteiger partial charge is 0.472 e. The fourth-order valence-electron chi connectivity index (χ4n) is 6.53. The Balaban J connectivity index is 1.60. The fraction of sp³-hybridized carbons (Fsp3) is 0.688. The molecule has 0 bridgehead atoms. The van der Waals surface area contributed by atoms with E-state index in [9.17, 15) is 29.1 Å². The first kappa shape index (κ1) is 34.5. The minimum absolute atomic E-state index is 0.0149. The normalized spacial score (nSPS) is 21.7. The number of ether oxygens (including phenoxy) is 1. The first-order chi connectivity index (χ1) is 21.0. The number of Topliss-reactive ketones (excluding diaryl/α,β-unsaturated/α-hetero) is 1. The first-order valence-corrected chi connectivity index (χ1v) is 16.1. The van der Waals surface area contributed by atoms with Crippen LogP contribution in [0.3, 0.4) is 0 Å². The van der Waals surface area contributed by atoms with Crippen LogP contribution < -0.4 is 20.7 Å². The molecule has 0 radical (unpaired) electrons. The highest BCUT2D eigenvalue weighted by Gasteiger charge is 2.48. The molecule has 2 heterocycles. The molecule has 4 atom stereocenters. The van der Waals surface area contributed by atoms with E-state index in [0.29, 0.717) is 17.9 Å². The van der Waals surface area contributed by atoms with Gasteiger partial charge in [0.15, 0.2) is 0 Å². The molecule has 1 aliphatic heterocycles. The van der Waals surface area contributed by atoms with Crippen LogP contribution in [0.25, 0.3) is 0 Å². The summed E-state index contributed by atoms with van der Waals surface area (Å²) in [4.78, 5) is 71.6. The number of aromatic nitrogens is 1. The van der Waals surface area contributed by atoms with Gasteiger partial charge in [0.2, 0.25) is 23.5 Å². The van der Waals surface area contributed by atoms with Crippen LogP contribution in [0, 0.1) is 16.7 Å². The molecule has 4 amide bonds. The van der Waals surface area contributed by atoms with E-state index < -0.39 is 59.2 Å². The Morgan fingerprint density at radius 3 is 2.29 bits per heavy atom. The number of ketones is 1. The van der Waals surface area contributed by atoms with E-state index in [4.69, 9.17) is 16.3 Å². The van der Waals surface area contributed by atoms with Gasteiger partial charge in [-0.2, -0.15) is 0 Å². The molecule has 2 aliphatic carbocycles. The van der Waals surface area contributed by atoms with Crippen LogP contribution in [-0.4, -0.2) is 81.4 Å². The van der Waals surface area contributed by atoms with Crippen LogP contribution in [0.2, 0.25) is 5.02 Å². The van der Waals surface area contributed by atoms with Crippen molar-refractivity contribution in [1.82, 2.24) is 25.8 Å². The number of hydrogen-bond acceptors (Lipinski definition) is 7. The number of amides is 4. The molecule has 45 heavy (non-hydrogen) atoms. The third kappa shape index (κ3) is 9.54. The Hall–Kier alpha value is -3.41. The third-order valence-electron chi connectivity index (χ3n) is 8.68. The van der Waals surface area contributed by atoms with E-state index in [1.54, 1.807) is 12.1 Å². The van der Waals surface area contributed by atoms with Crippen LogP contribution in [0.5, 0.6) is 5.88 Å². The number of hydrogen-bond donors (Lipinski definition) is 4. The number of carboxylic acid groups (broad SMARTS) is 1.